The second-order valence-corrected chi connectivity index (χ2v) is 14.1. The zero-order chi connectivity index (χ0) is 42.9. The Kier molecular flexibility index (Phi) is 12.5. The largest absolute Gasteiger partial charge is 0.490 e. The first-order valence-electron chi connectivity index (χ1n) is 19.4. The van der Waals surface area contributed by atoms with E-state index in [9.17, 15) is 19.2 Å². The van der Waals surface area contributed by atoms with E-state index < -0.39 is 41.5 Å². The number of fused-ring (bicyclic) bond motifs is 5. The van der Waals surface area contributed by atoms with Crippen molar-refractivity contribution in [3.8, 4) is 22.6 Å². The molecule has 6 aromatic carbocycles. The van der Waals surface area contributed by atoms with Gasteiger partial charge in [-0.15, -0.1) is 0 Å². The molecule has 7 rings (SSSR count). The van der Waals surface area contributed by atoms with Gasteiger partial charge in [0.15, 0.2) is 12.2 Å². The summed E-state index contributed by atoms with van der Waals surface area (Å²) >= 11 is 0. The van der Waals surface area contributed by atoms with Crippen LogP contribution in [0.1, 0.15) is 22.3 Å². The maximum Gasteiger partial charge on any atom is 0.330 e. The van der Waals surface area contributed by atoms with Crippen LogP contribution < -0.4 is 9.47 Å². The maximum atomic E-state index is 12.0. The van der Waals surface area contributed by atoms with Crippen LogP contribution in [0.3, 0.4) is 0 Å². The molecule has 0 saturated heterocycles. The zero-order valence-corrected chi connectivity index (χ0v) is 33.3. The molecule has 1 aliphatic rings. The highest BCUT2D eigenvalue weighted by Crippen LogP contribution is 2.56. The van der Waals surface area contributed by atoms with Gasteiger partial charge in [-0.05, 0) is 91.3 Å². The van der Waals surface area contributed by atoms with Gasteiger partial charge >= 0.3 is 23.9 Å². The SMILES string of the molecule is C=CC(=O)OCC(COc1ccc2cc(C3(c4ccc5cc(OCC(COC(=O)C=C)OC(=O)C=C)ccc5c4)c4ccccc4-c4ccccc43)ccc2c1)OC(=O)C=C. The number of hydrogen-bond acceptors (Lipinski definition) is 10. The van der Waals surface area contributed by atoms with Crippen molar-refractivity contribution < 1.29 is 47.6 Å². The number of carbonyl (C=O) groups excluding carboxylic acids is 4. The van der Waals surface area contributed by atoms with Crippen LogP contribution in [0.2, 0.25) is 0 Å². The number of rotatable bonds is 18. The Labute approximate surface area is 352 Å². The molecule has 0 saturated carbocycles. The molecular formula is C51H42O10. The van der Waals surface area contributed by atoms with Gasteiger partial charge in [-0.3, -0.25) is 0 Å². The Balaban J connectivity index is 1.22. The molecular weight excluding hydrogens is 773 g/mol. The van der Waals surface area contributed by atoms with Crippen molar-refractivity contribution in [3.63, 3.8) is 0 Å². The van der Waals surface area contributed by atoms with Gasteiger partial charge in [0.25, 0.3) is 0 Å². The fourth-order valence-electron chi connectivity index (χ4n) is 7.62. The summed E-state index contributed by atoms with van der Waals surface area (Å²) in [4.78, 5) is 47.3. The van der Waals surface area contributed by atoms with Gasteiger partial charge in [-0.2, -0.15) is 0 Å². The summed E-state index contributed by atoms with van der Waals surface area (Å²) in [5.74, 6) is -1.52. The molecule has 61 heavy (non-hydrogen) atoms. The molecule has 1 aliphatic carbocycles. The van der Waals surface area contributed by atoms with E-state index in [0.29, 0.717) is 11.5 Å². The Morgan fingerprint density at radius 2 is 0.836 bits per heavy atom. The normalized spacial score (nSPS) is 13.0. The highest BCUT2D eigenvalue weighted by molar-refractivity contribution is 5.92. The Morgan fingerprint density at radius 1 is 0.459 bits per heavy atom. The van der Waals surface area contributed by atoms with Gasteiger partial charge < -0.3 is 28.4 Å². The monoisotopic (exact) mass is 814 g/mol. The minimum atomic E-state index is -0.863. The van der Waals surface area contributed by atoms with E-state index in [1.807, 2.05) is 36.4 Å². The van der Waals surface area contributed by atoms with Crippen molar-refractivity contribution in [3.05, 3.63) is 194 Å². The third-order valence-electron chi connectivity index (χ3n) is 10.4. The van der Waals surface area contributed by atoms with Gasteiger partial charge in [0.2, 0.25) is 0 Å². The Morgan fingerprint density at radius 3 is 1.25 bits per heavy atom. The average molecular weight is 815 g/mol. The third-order valence-corrected chi connectivity index (χ3v) is 10.4. The molecule has 0 bridgehead atoms. The van der Waals surface area contributed by atoms with Crippen LogP contribution in [0.25, 0.3) is 32.7 Å². The summed E-state index contributed by atoms with van der Waals surface area (Å²) in [5, 5.41) is 3.83. The summed E-state index contributed by atoms with van der Waals surface area (Å²) in [5.41, 5.74) is 6.08. The minimum absolute atomic E-state index is 0.0568. The molecule has 0 N–H and O–H groups in total. The molecule has 0 amide bonds. The molecule has 0 spiro atoms. The van der Waals surface area contributed by atoms with Crippen molar-refractivity contribution in [1.29, 1.82) is 0 Å². The van der Waals surface area contributed by atoms with Crippen molar-refractivity contribution in [2.24, 2.45) is 0 Å². The number of hydrogen-bond donors (Lipinski definition) is 0. The first-order chi connectivity index (χ1) is 29.7. The van der Waals surface area contributed by atoms with Crippen LogP contribution in [0.4, 0.5) is 0 Å². The Bertz CT molecular complexity index is 2510. The standard InChI is InChI=1S/C51H42O10/c1-5-47(52)58-31-41(60-49(54)7-3)29-56-39-23-19-33-25-37(21-17-35(33)27-39)51(45-15-11-9-13-43(45)44-14-10-12-16-46(44)51)38-22-18-36-28-40(24-20-34(36)26-38)57-30-42(61-50(55)8-4)32-59-48(53)6-2/h5-28,41-42H,1-4,29-32H2. The van der Waals surface area contributed by atoms with E-state index in [-0.39, 0.29) is 26.4 Å². The molecule has 0 fully saturated rings. The van der Waals surface area contributed by atoms with E-state index in [4.69, 9.17) is 28.4 Å². The van der Waals surface area contributed by atoms with Gasteiger partial charge in [0.1, 0.15) is 37.9 Å². The van der Waals surface area contributed by atoms with E-state index >= 15 is 0 Å². The summed E-state index contributed by atoms with van der Waals surface area (Å²) in [6, 6.07) is 41.4. The van der Waals surface area contributed by atoms with Crippen LogP contribution in [-0.4, -0.2) is 62.5 Å². The van der Waals surface area contributed by atoms with Crippen LogP contribution in [-0.2, 0) is 43.5 Å². The van der Waals surface area contributed by atoms with Gasteiger partial charge in [-0.25, -0.2) is 19.2 Å². The molecule has 0 aromatic heterocycles. The lowest BCUT2D eigenvalue weighted by Gasteiger charge is -2.34. The third kappa shape index (κ3) is 8.84. The second kappa shape index (κ2) is 18.5. The summed E-state index contributed by atoms with van der Waals surface area (Å²) < 4.78 is 33.0. The van der Waals surface area contributed by atoms with E-state index in [1.165, 1.54) is 0 Å². The van der Waals surface area contributed by atoms with Crippen molar-refractivity contribution in [2.45, 2.75) is 17.6 Å². The molecule has 0 heterocycles. The summed E-state index contributed by atoms with van der Waals surface area (Å²) in [6.07, 6.45) is 2.41. The highest BCUT2D eigenvalue weighted by atomic mass is 16.6. The van der Waals surface area contributed by atoms with E-state index in [0.717, 1.165) is 79.2 Å². The summed E-state index contributed by atoms with van der Waals surface area (Å²) in [7, 11) is 0. The number of carbonyl (C=O) groups is 4. The highest BCUT2D eigenvalue weighted by Gasteiger charge is 2.46. The van der Waals surface area contributed by atoms with Crippen molar-refractivity contribution in [1.82, 2.24) is 0 Å². The van der Waals surface area contributed by atoms with Crippen LogP contribution in [0.15, 0.2) is 172 Å². The topological polar surface area (TPSA) is 124 Å². The molecule has 2 atom stereocenters. The van der Waals surface area contributed by atoms with Crippen LogP contribution >= 0.6 is 0 Å². The molecule has 6 aromatic rings. The number of ether oxygens (including phenoxy) is 6. The van der Waals surface area contributed by atoms with Gasteiger partial charge in [0.05, 0.1) is 5.41 Å². The molecule has 0 radical (unpaired) electrons. The number of benzene rings is 6. The lowest BCUT2D eigenvalue weighted by Crippen LogP contribution is -2.30. The zero-order valence-electron chi connectivity index (χ0n) is 33.3. The average Bonchev–Trinajstić information content (AvgIpc) is 3.60. The lowest BCUT2D eigenvalue weighted by atomic mass is 9.67. The fourth-order valence-corrected chi connectivity index (χ4v) is 7.62. The molecule has 10 heteroatoms. The predicted octanol–water partition coefficient (Wildman–Crippen LogP) is 8.77. The smallest absolute Gasteiger partial charge is 0.330 e. The predicted molar refractivity (Wildman–Crippen MR) is 232 cm³/mol. The summed E-state index contributed by atoms with van der Waals surface area (Å²) in [6.45, 7) is 13.1. The van der Waals surface area contributed by atoms with Crippen LogP contribution in [0, 0.1) is 0 Å². The molecule has 2 unspecified atom stereocenters. The van der Waals surface area contributed by atoms with Crippen molar-refractivity contribution >= 4 is 45.4 Å². The van der Waals surface area contributed by atoms with E-state index in [1.54, 1.807) is 0 Å². The molecule has 306 valence electrons. The first kappa shape index (κ1) is 41.4. The quantitative estimate of drug-likeness (QED) is 0.0472. The van der Waals surface area contributed by atoms with Gasteiger partial charge in [0, 0.05) is 24.3 Å². The number of esters is 4. The molecule has 0 aliphatic heterocycles. The Hall–Kier alpha value is -7.72. The maximum absolute atomic E-state index is 12.0. The lowest BCUT2D eigenvalue weighted by molar-refractivity contribution is -0.154. The van der Waals surface area contributed by atoms with Gasteiger partial charge in [-0.1, -0.05) is 111 Å². The first-order valence-corrected chi connectivity index (χ1v) is 19.4. The fraction of sp³-hybridized carbons (Fsp3) is 0.137. The molecule has 10 nitrogen and oxygen atoms in total. The second-order valence-electron chi connectivity index (χ2n) is 14.1. The van der Waals surface area contributed by atoms with Crippen molar-refractivity contribution in [2.75, 3.05) is 26.4 Å². The van der Waals surface area contributed by atoms with Crippen LogP contribution in [0.5, 0.6) is 11.5 Å². The minimum Gasteiger partial charge on any atom is -0.490 e. The van der Waals surface area contributed by atoms with E-state index in [2.05, 4.69) is 111 Å².